The van der Waals surface area contributed by atoms with Gasteiger partial charge in [-0.3, -0.25) is 9.59 Å². The van der Waals surface area contributed by atoms with Gasteiger partial charge in [-0.1, -0.05) is 30.3 Å². The van der Waals surface area contributed by atoms with Gasteiger partial charge < -0.3 is 14.6 Å². The minimum Gasteiger partial charge on any atom is -0.490 e. The molecule has 5 atom stereocenters. The topological polar surface area (TPSA) is 124 Å². The molecule has 2 amide bonds. The van der Waals surface area contributed by atoms with Crippen LogP contribution in [0.2, 0.25) is 0 Å². The van der Waals surface area contributed by atoms with Crippen molar-refractivity contribution < 1.29 is 33.0 Å². The SMILES string of the molecule is CC12OC(CCOc3ccc(C#N)c(F)c3F)(CC1O)C1C(=O)N(c3ccc4ccccc4c3C#N)C(=O)C12. The molecule has 0 saturated carbocycles. The monoisotopic (exact) mass is 529 g/mol. The summed E-state index contributed by atoms with van der Waals surface area (Å²) >= 11 is 0. The van der Waals surface area contributed by atoms with Gasteiger partial charge in [-0.05, 0) is 30.5 Å². The number of hydrogen-bond donors (Lipinski definition) is 1. The van der Waals surface area contributed by atoms with Crippen molar-refractivity contribution in [3.63, 3.8) is 0 Å². The van der Waals surface area contributed by atoms with Crippen molar-refractivity contribution in [3.05, 3.63) is 71.3 Å². The molecule has 196 valence electrons. The second kappa shape index (κ2) is 8.57. The zero-order valence-corrected chi connectivity index (χ0v) is 20.6. The number of nitriles is 2. The molecule has 3 aliphatic heterocycles. The van der Waals surface area contributed by atoms with E-state index in [1.165, 1.54) is 0 Å². The van der Waals surface area contributed by atoms with Crippen LogP contribution in [0.25, 0.3) is 10.8 Å². The maximum absolute atomic E-state index is 14.4. The Hall–Kier alpha value is -4.38. The first-order valence-electron chi connectivity index (χ1n) is 12.4. The second-order valence-electron chi connectivity index (χ2n) is 10.3. The van der Waals surface area contributed by atoms with E-state index in [4.69, 9.17) is 14.7 Å². The number of carbonyl (C=O) groups excluding carboxylic acids is 2. The third-order valence-corrected chi connectivity index (χ3v) is 8.32. The number of aliphatic hydroxyl groups excluding tert-OH is 1. The van der Waals surface area contributed by atoms with E-state index in [1.807, 2.05) is 12.1 Å². The molecular weight excluding hydrogens is 508 g/mol. The molecule has 3 saturated heterocycles. The molecule has 0 spiro atoms. The molecule has 10 heteroatoms. The summed E-state index contributed by atoms with van der Waals surface area (Å²) in [5.74, 6) is -6.15. The summed E-state index contributed by atoms with van der Waals surface area (Å²) in [6.07, 6.45) is -1.03. The number of halogens is 2. The van der Waals surface area contributed by atoms with Crippen LogP contribution < -0.4 is 9.64 Å². The molecule has 3 aromatic carbocycles. The van der Waals surface area contributed by atoms with E-state index in [9.17, 15) is 28.7 Å². The van der Waals surface area contributed by atoms with Crippen LogP contribution in [-0.2, 0) is 14.3 Å². The molecule has 2 bridgehead atoms. The van der Waals surface area contributed by atoms with E-state index in [1.54, 1.807) is 37.3 Å². The van der Waals surface area contributed by atoms with Crippen LogP contribution >= 0.6 is 0 Å². The highest BCUT2D eigenvalue weighted by Gasteiger charge is 2.77. The number of fused-ring (bicyclic) bond motifs is 6. The fourth-order valence-corrected chi connectivity index (χ4v) is 6.49. The highest BCUT2D eigenvalue weighted by Crippen LogP contribution is 2.62. The minimum atomic E-state index is -1.36. The van der Waals surface area contributed by atoms with Crippen molar-refractivity contribution >= 4 is 28.3 Å². The Kier molecular flexibility index (Phi) is 5.48. The van der Waals surface area contributed by atoms with E-state index >= 15 is 0 Å². The average molecular weight is 529 g/mol. The van der Waals surface area contributed by atoms with E-state index in [2.05, 4.69) is 6.07 Å². The summed E-state index contributed by atoms with van der Waals surface area (Å²) < 4.78 is 40.1. The van der Waals surface area contributed by atoms with E-state index in [-0.39, 0.29) is 30.7 Å². The number of imide groups is 1. The molecule has 6 rings (SSSR count). The molecule has 3 aromatic rings. The molecule has 3 aliphatic rings. The number of ether oxygens (including phenoxy) is 2. The summed E-state index contributed by atoms with van der Waals surface area (Å²) in [5.41, 5.74) is -2.77. The number of aliphatic hydroxyl groups is 1. The maximum Gasteiger partial charge on any atom is 0.240 e. The Balaban J connectivity index is 1.33. The number of carbonyl (C=O) groups is 2. The van der Waals surface area contributed by atoms with Crippen LogP contribution in [0.3, 0.4) is 0 Å². The zero-order chi connectivity index (χ0) is 27.7. The summed E-state index contributed by atoms with van der Waals surface area (Å²) in [5, 5.41) is 31.1. The van der Waals surface area contributed by atoms with Crippen molar-refractivity contribution in [2.75, 3.05) is 11.5 Å². The Bertz CT molecular complexity index is 1660. The van der Waals surface area contributed by atoms with Gasteiger partial charge >= 0.3 is 0 Å². The Morgan fingerprint density at radius 2 is 1.79 bits per heavy atom. The summed E-state index contributed by atoms with van der Waals surface area (Å²) in [4.78, 5) is 28.7. The predicted molar refractivity (Wildman–Crippen MR) is 132 cm³/mol. The fraction of sp³-hybridized carbons (Fsp3) is 0.310. The van der Waals surface area contributed by atoms with E-state index in [0.29, 0.717) is 5.39 Å². The van der Waals surface area contributed by atoms with Gasteiger partial charge in [0.1, 0.15) is 17.7 Å². The van der Waals surface area contributed by atoms with Crippen molar-refractivity contribution in [1.82, 2.24) is 0 Å². The van der Waals surface area contributed by atoms with Gasteiger partial charge in [0.2, 0.25) is 17.6 Å². The van der Waals surface area contributed by atoms with Gasteiger partial charge in [0.05, 0.1) is 47.0 Å². The largest absolute Gasteiger partial charge is 0.490 e. The molecule has 0 aromatic heterocycles. The summed E-state index contributed by atoms with van der Waals surface area (Å²) in [7, 11) is 0. The molecule has 1 N–H and O–H groups in total. The van der Waals surface area contributed by atoms with Crippen LogP contribution in [0.4, 0.5) is 14.5 Å². The lowest BCUT2D eigenvalue weighted by atomic mass is 9.66. The molecule has 8 nitrogen and oxygen atoms in total. The van der Waals surface area contributed by atoms with E-state index < -0.39 is 63.9 Å². The van der Waals surface area contributed by atoms with Gasteiger partial charge in [-0.2, -0.15) is 14.9 Å². The van der Waals surface area contributed by atoms with Gasteiger partial charge in [0, 0.05) is 18.2 Å². The van der Waals surface area contributed by atoms with Crippen LogP contribution in [0, 0.1) is 46.1 Å². The molecule has 3 fully saturated rings. The molecule has 0 radical (unpaired) electrons. The van der Waals surface area contributed by atoms with Gasteiger partial charge in [-0.15, -0.1) is 0 Å². The average Bonchev–Trinajstić information content (AvgIpc) is 3.46. The number of amides is 2. The fourth-order valence-electron chi connectivity index (χ4n) is 6.49. The van der Waals surface area contributed by atoms with Crippen molar-refractivity contribution in [2.24, 2.45) is 11.8 Å². The second-order valence-corrected chi connectivity index (χ2v) is 10.3. The smallest absolute Gasteiger partial charge is 0.240 e. The molecule has 3 heterocycles. The summed E-state index contributed by atoms with van der Waals surface area (Å²) in [6.45, 7) is 1.37. The molecule has 39 heavy (non-hydrogen) atoms. The van der Waals surface area contributed by atoms with Gasteiger partial charge in [0.25, 0.3) is 0 Å². The lowest BCUT2D eigenvalue weighted by Gasteiger charge is -2.33. The van der Waals surface area contributed by atoms with Crippen LogP contribution in [-0.4, -0.2) is 40.8 Å². The van der Waals surface area contributed by atoms with Crippen molar-refractivity contribution in [2.45, 2.75) is 37.1 Å². The van der Waals surface area contributed by atoms with Crippen LogP contribution in [0.15, 0.2) is 48.5 Å². The number of nitrogens with zero attached hydrogens (tertiary/aromatic N) is 3. The van der Waals surface area contributed by atoms with Crippen molar-refractivity contribution in [3.8, 4) is 17.9 Å². The predicted octanol–water partition coefficient (Wildman–Crippen LogP) is 3.73. The lowest BCUT2D eigenvalue weighted by molar-refractivity contribution is -0.134. The standard InChI is InChI=1S/C29H21F2N3O5/c1-28-21(35)12-29(39-28,10-11-38-20-9-7-16(13-32)24(30)25(20)31)23-22(28)26(36)34(27(23)37)19-8-6-15-4-2-3-5-17(15)18(19)14-33/h2-9,21-23,35H,10-12H2,1H3. The Morgan fingerprint density at radius 3 is 2.54 bits per heavy atom. The third kappa shape index (κ3) is 3.32. The number of hydrogen-bond acceptors (Lipinski definition) is 7. The van der Waals surface area contributed by atoms with Gasteiger partial charge in [0.15, 0.2) is 11.6 Å². The van der Waals surface area contributed by atoms with Crippen LogP contribution in [0.1, 0.15) is 30.9 Å². The Labute approximate surface area is 221 Å². The molecule has 0 aliphatic carbocycles. The molecule has 5 unspecified atom stereocenters. The first-order chi connectivity index (χ1) is 18.7. The summed E-state index contributed by atoms with van der Waals surface area (Å²) in [6, 6.07) is 16.4. The highest BCUT2D eigenvalue weighted by atomic mass is 19.2. The number of rotatable bonds is 5. The quantitative estimate of drug-likeness (QED) is 0.500. The first-order valence-corrected chi connectivity index (χ1v) is 12.4. The zero-order valence-electron chi connectivity index (χ0n) is 20.6. The number of benzene rings is 3. The van der Waals surface area contributed by atoms with Gasteiger partial charge in [-0.25, -0.2) is 9.29 Å². The Morgan fingerprint density at radius 1 is 1.05 bits per heavy atom. The third-order valence-electron chi connectivity index (χ3n) is 8.32. The number of anilines is 1. The highest BCUT2D eigenvalue weighted by molar-refractivity contribution is 6.24. The van der Waals surface area contributed by atoms with E-state index in [0.717, 1.165) is 22.4 Å². The first kappa shape index (κ1) is 24.9. The van der Waals surface area contributed by atoms with Crippen LogP contribution in [0.5, 0.6) is 5.75 Å². The maximum atomic E-state index is 14.4. The van der Waals surface area contributed by atoms with Crippen molar-refractivity contribution in [1.29, 1.82) is 10.5 Å². The normalized spacial score (nSPS) is 29.0. The minimum absolute atomic E-state index is 0.00242. The molecular formula is C29H21F2N3O5. The lowest BCUT2D eigenvalue weighted by Crippen LogP contribution is -2.49.